The zero-order chi connectivity index (χ0) is 18.3. The summed E-state index contributed by atoms with van der Waals surface area (Å²) < 4.78 is 0. The van der Waals surface area contributed by atoms with Crippen molar-refractivity contribution in [2.75, 3.05) is 5.73 Å². The molecular weight excluding hydrogens is 298 g/mol. The van der Waals surface area contributed by atoms with Crippen molar-refractivity contribution in [3.8, 4) is 11.5 Å². The van der Waals surface area contributed by atoms with Crippen LogP contribution in [0.4, 0.5) is 5.69 Å². The van der Waals surface area contributed by atoms with Gasteiger partial charge in [0.05, 0.1) is 0 Å². The second-order valence-corrected chi connectivity index (χ2v) is 8.52. The van der Waals surface area contributed by atoms with Crippen LogP contribution in [0.3, 0.4) is 0 Å². The smallest absolute Gasteiger partial charge is 0.161 e. The van der Waals surface area contributed by atoms with Crippen molar-refractivity contribution < 1.29 is 10.2 Å². The number of nitrogens with two attached hydrogens (primary N) is 1. The van der Waals surface area contributed by atoms with Gasteiger partial charge in [-0.05, 0) is 28.0 Å². The molecule has 0 amide bonds. The molecular formula is C21H29NO2. The topological polar surface area (TPSA) is 66.5 Å². The second-order valence-electron chi connectivity index (χ2n) is 8.52. The van der Waals surface area contributed by atoms with Crippen LogP contribution >= 0.6 is 0 Å². The van der Waals surface area contributed by atoms with Gasteiger partial charge in [0.1, 0.15) is 0 Å². The maximum Gasteiger partial charge on any atom is 0.161 e. The summed E-state index contributed by atoms with van der Waals surface area (Å²) in [6, 6.07) is 9.67. The molecule has 0 radical (unpaired) electrons. The Balaban J connectivity index is 2.71. The molecule has 3 nitrogen and oxygen atoms in total. The predicted molar refractivity (Wildman–Crippen MR) is 101 cm³/mol. The van der Waals surface area contributed by atoms with Crippen molar-refractivity contribution in [2.45, 2.75) is 58.8 Å². The minimum atomic E-state index is -0.258. The first-order chi connectivity index (χ1) is 10.9. The van der Waals surface area contributed by atoms with E-state index < -0.39 is 0 Å². The lowest BCUT2D eigenvalue weighted by atomic mass is 9.76. The lowest BCUT2D eigenvalue weighted by Crippen LogP contribution is -2.19. The zero-order valence-electron chi connectivity index (χ0n) is 15.6. The monoisotopic (exact) mass is 327 g/mol. The SMILES string of the molecule is CC(C)(C)c1cc(C(C)(C)C)c(Cc2ccccc2N)c(O)c1O. The number of rotatable bonds is 2. The molecule has 2 rings (SSSR count). The largest absolute Gasteiger partial charge is 0.504 e. The third-order valence-electron chi connectivity index (χ3n) is 4.42. The Kier molecular flexibility index (Phi) is 4.58. The third-order valence-corrected chi connectivity index (χ3v) is 4.42. The fraction of sp³-hybridized carbons (Fsp3) is 0.429. The summed E-state index contributed by atoms with van der Waals surface area (Å²) in [4.78, 5) is 0. The molecule has 0 bridgehead atoms. The third kappa shape index (κ3) is 3.50. The maximum atomic E-state index is 10.7. The van der Waals surface area contributed by atoms with Crippen molar-refractivity contribution in [3.05, 3.63) is 52.6 Å². The summed E-state index contributed by atoms with van der Waals surface area (Å²) in [6.45, 7) is 12.4. The highest BCUT2D eigenvalue weighted by molar-refractivity contribution is 5.60. The van der Waals surface area contributed by atoms with E-state index in [1.54, 1.807) is 0 Å². The molecule has 0 aromatic heterocycles. The van der Waals surface area contributed by atoms with Gasteiger partial charge >= 0.3 is 0 Å². The highest BCUT2D eigenvalue weighted by Gasteiger charge is 2.29. The molecule has 130 valence electrons. The van der Waals surface area contributed by atoms with E-state index in [1.807, 2.05) is 51.1 Å². The summed E-state index contributed by atoms with van der Waals surface area (Å²) in [5, 5.41) is 21.3. The van der Waals surface area contributed by atoms with Crippen LogP contribution in [-0.4, -0.2) is 10.2 Å². The van der Waals surface area contributed by atoms with Crippen LogP contribution in [-0.2, 0) is 17.3 Å². The lowest BCUT2D eigenvalue weighted by molar-refractivity contribution is 0.382. The molecule has 24 heavy (non-hydrogen) atoms. The van der Waals surface area contributed by atoms with Crippen LogP contribution in [0.5, 0.6) is 11.5 Å². The van der Waals surface area contributed by atoms with E-state index in [1.165, 1.54) is 0 Å². The Bertz CT molecular complexity index is 750. The molecule has 0 aliphatic carbocycles. The van der Waals surface area contributed by atoms with E-state index in [0.29, 0.717) is 12.1 Å². The van der Waals surface area contributed by atoms with Gasteiger partial charge in [-0.1, -0.05) is 65.8 Å². The number of hydrogen-bond donors (Lipinski definition) is 3. The summed E-state index contributed by atoms with van der Waals surface area (Å²) in [5.41, 5.74) is 9.82. The molecule has 0 unspecified atom stereocenters. The standard InChI is InChI=1S/C21H29NO2/c1-20(2,3)15-12-16(21(4,5)6)19(24)18(23)14(15)11-13-9-7-8-10-17(13)22/h7-10,12,23-24H,11,22H2,1-6H3. The molecule has 0 heterocycles. The molecule has 0 saturated carbocycles. The Labute approximate surface area is 145 Å². The minimum Gasteiger partial charge on any atom is -0.504 e. The van der Waals surface area contributed by atoms with Crippen molar-refractivity contribution in [2.24, 2.45) is 0 Å². The number of anilines is 1. The van der Waals surface area contributed by atoms with Crippen molar-refractivity contribution in [1.29, 1.82) is 0 Å². The highest BCUT2D eigenvalue weighted by Crippen LogP contribution is 2.45. The van der Waals surface area contributed by atoms with E-state index in [4.69, 9.17) is 5.73 Å². The Morgan fingerprint density at radius 3 is 1.88 bits per heavy atom. The summed E-state index contributed by atoms with van der Waals surface area (Å²) >= 11 is 0. The van der Waals surface area contributed by atoms with E-state index >= 15 is 0 Å². The van der Waals surface area contributed by atoms with Gasteiger partial charge in [-0.3, -0.25) is 0 Å². The maximum absolute atomic E-state index is 10.7. The van der Waals surface area contributed by atoms with E-state index in [-0.39, 0.29) is 22.3 Å². The van der Waals surface area contributed by atoms with E-state index in [2.05, 4.69) is 20.8 Å². The number of aromatic hydroxyl groups is 2. The molecule has 0 spiro atoms. The highest BCUT2D eigenvalue weighted by atomic mass is 16.3. The Morgan fingerprint density at radius 2 is 1.38 bits per heavy atom. The van der Waals surface area contributed by atoms with Crippen LogP contribution in [0.15, 0.2) is 30.3 Å². The number of nitrogen functional groups attached to an aromatic ring is 1. The molecule has 0 aliphatic heterocycles. The average Bonchev–Trinajstić information content (AvgIpc) is 2.43. The molecule has 0 atom stereocenters. The molecule has 0 saturated heterocycles. The van der Waals surface area contributed by atoms with Crippen LogP contribution in [0.25, 0.3) is 0 Å². The average molecular weight is 327 g/mol. The first-order valence-electron chi connectivity index (χ1n) is 8.35. The number of phenols is 2. The van der Waals surface area contributed by atoms with E-state index in [9.17, 15) is 10.2 Å². The van der Waals surface area contributed by atoms with Crippen LogP contribution < -0.4 is 5.73 Å². The van der Waals surface area contributed by atoms with Gasteiger partial charge in [0.2, 0.25) is 0 Å². The fourth-order valence-corrected chi connectivity index (χ4v) is 3.00. The van der Waals surface area contributed by atoms with Crippen molar-refractivity contribution in [1.82, 2.24) is 0 Å². The first-order valence-corrected chi connectivity index (χ1v) is 8.35. The van der Waals surface area contributed by atoms with Crippen LogP contribution in [0.1, 0.15) is 63.8 Å². The van der Waals surface area contributed by atoms with Gasteiger partial charge in [0.25, 0.3) is 0 Å². The molecule has 0 fully saturated rings. The summed E-state index contributed by atoms with van der Waals surface area (Å²) in [5.74, 6) is -0.0596. The van der Waals surface area contributed by atoms with Gasteiger partial charge in [-0.25, -0.2) is 0 Å². The van der Waals surface area contributed by atoms with Crippen molar-refractivity contribution in [3.63, 3.8) is 0 Å². The van der Waals surface area contributed by atoms with Gasteiger partial charge in [0.15, 0.2) is 11.5 Å². The van der Waals surface area contributed by atoms with Crippen molar-refractivity contribution >= 4 is 5.69 Å². The quantitative estimate of drug-likeness (QED) is 0.545. The van der Waals surface area contributed by atoms with E-state index in [0.717, 1.165) is 22.3 Å². The first kappa shape index (κ1) is 18.2. The number of para-hydroxylation sites is 1. The molecule has 0 aliphatic rings. The molecule has 2 aromatic carbocycles. The Morgan fingerprint density at radius 1 is 0.833 bits per heavy atom. The normalized spacial score (nSPS) is 12.4. The molecule has 2 aromatic rings. The predicted octanol–water partition coefficient (Wildman–Crippen LogP) is 4.87. The molecule has 4 N–H and O–H groups in total. The van der Waals surface area contributed by atoms with Gasteiger partial charge in [-0.2, -0.15) is 0 Å². The zero-order valence-corrected chi connectivity index (χ0v) is 15.6. The van der Waals surface area contributed by atoms with Crippen LogP contribution in [0.2, 0.25) is 0 Å². The number of benzene rings is 2. The molecule has 3 heteroatoms. The van der Waals surface area contributed by atoms with Crippen LogP contribution in [0, 0.1) is 0 Å². The summed E-state index contributed by atoms with van der Waals surface area (Å²) in [7, 11) is 0. The Hall–Kier alpha value is -2.16. The second kappa shape index (κ2) is 6.04. The lowest BCUT2D eigenvalue weighted by Gasteiger charge is -2.29. The fourth-order valence-electron chi connectivity index (χ4n) is 3.00. The summed E-state index contributed by atoms with van der Waals surface area (Å²) in [6.07, 6.45) is 0.489. The number of hydrogen-bond acceptors (Lipinski definition) is 3. The van der Waals surface area contributed by atoms with Gasteiger partial charge in [0, 0.05) is 23.2 Å². The minimum absolute atomic E-state index is 0.0278. The number of phenolic OH excluding ortho intramolecular Hbond substituents is 2. The van der Waals surface area contributed by atoms with Gasteiger partial charge in [-0.15, -0.1) is 0 Å². The van der Waals surface area contributed by atoms with Gasteiger partial charge < -0.3 is 15.9 Å².